The smallest absolute Gasteiger partial charge is 0.272 e. The first-order chi connectivity index (χ1) is 9.83. The molecule has 1 aromatic heterocycles. The Morgan fingerprint density at radius 3 is 2.60 bits per heavy atom. The van der Waals surface area contributed by atoms with E-state index in [4.69, 9.17) is 0 Å². The minimum absolute atomic E-state index is 0.0385. The highest BCUT2D eigenvalue weighted by molar-refractivity contribution is 5.93. The van der Waals surface area contributed by atoms with Crippen molar-refractivity contribution < 1.29 is 4.79 Å². The standard InChI is InChI=1S/C15H22N4O/c20-15(19-8-4-5-9-19)13-10-14(17-11-16-13)18-12-6-2-1-3-7-12/h10-12H,1-9H2,(H,16,17,18). The highest BCUT2D eigenvalue weighted by Crippen LogP contribution is 2.21. The van der Waals surface area contributed by atoms with Gasteiger partial charge in [0, 0.05) is 25.2 Å². The molecular weight excluding hydrogens is 252 g/mol. The molecular formula is C15H22N4O. The maximum absolute atomic E-state index is 12.3. The van der Waals surface area contributed by atoms with Crippen LogP contribution in [0.2, 0.25) is 0 Å². The van der Waals surface area contributed by atoms with Crippen molar-refractivity contribution in [1.29, 1.82) is 0 Å². The maximum Gasteiger partial charge on any atom is 0.272 e. The van der Waals surface area contributed by atoms with Gasteiger partial charge in [0.25, 0.3) is 5.91 Å². The Morgan fingerprint density at radius 1 is 1.10 bits per heavy atom. The topological polar surface area (TPSA) is 58.1 Å². The molecule has 1 saturated carbocycles. The van der Waals surface area contributed by atoms with Crippen LogP contribution in [0.15, 0.2) is 12.4 Å². The number of aromatic nitrogens is 2. The first-order valence-corrected chi connectivity index (χ1v) is 7.71. The third kappa shape index (κ3) is 3.08. The third-order valence-corrected chi connectivity index (χ3v) is 4.24. The number of rotatable bonds is 3. The van der Waals surface area contributed by atoms with Gasteiger partial charge >= 0.3 is 0 Å². The molecule has 2 heterocycles. The summed E-state index contributed by atoms with van der Waals surface area (Å²) in [7, 11) is 0. The zero-order chi connectivity index (χ0) is 13.8. The van der Waals surface area contributed by atoms with Crippen LogP contribution in [-0.2, 0) is 0 Å². The molecule has 5 nitrogen and oxygen atoms in total. The molecule has 1 aromatic rings. The van der Waals surface area contributed by atoms with E-state index in [0.29, 0.717) is 11.7 Å². The molecule has 1 N–H and O–H groups in total. The van der Waals surface area contributed by atoms with Gasteiger partial charge in [-0.05, 0) is 25.7 Å². The van der Waals surface area contributed by atoms with Crippen LogP contribution < -0.4 is 5.32 Å². The Bertz CT molecular complexity index is 465. The molecule has 2 aliphatic rings. The largest absolute Gasteiger partial charge is 0.367 e. The number of amides is 1. The zero-order valence-electron chi connectivity index (χ0n) is 11.8. The number of hydrogen-bond donors (Lipinski definition) is 1. The van der Waals surface area contributed by atoms with Gasteiger partial charge in [-0.1, -0.05) is 19.3 Å². The second kappa shape index (κ2) is 6.20. The Balaban J connectivity index is 1.67. The van der Waals surface area contributed by atoms with Crippen molar-refractivity contribution in [3.8, 4) is 0 Å². The van der Waals surface area contributed by atoms with E-state index in [9.17, 15) is 4.79 Å². The average Bonchev–Trinajstić information content (AvgIpc) is 3.02. The molecule has 1 aliphatic heterocycles. The summed E-state index contributed by atoms with van der Waals surface area (Å²) in [6.07, 6.45) is 9.98. The predicted octanol–water partition coefficient (Wildman–Crippen LogP) is 2.46. The molecule has 0 aromatic carbocycles. The van der Waals surface area contributed by atoms with Gasteiger partial charge in [-0.15, -0.1) is 0 Å². The average molecular weight is 274 g/mol. The lowest BCUT2D eigenvalue weighted by atomic mass is 9.95. The van der Waals surface area contributed by atoms with Crippen LogP contribution in [0, 0.1) is 0 Å². The predicted molar refractivity (Wildman–Crippen MR) is 77.7 cm³/mol. The second-order valence-corrected chi connectivity index (χ2v) is 5.77. The number of carbonyl (C=O) groups is 1. The van der Waals surface area contributed by atoms with Crippen molar-refractivity contribution in [2.24, 2.45) is 0 Å². The Hall–Kier alpha value is -1.65. The van der Waals surface area contributed by atoms with Crippen molar-refractivity contribution in [1.82, 2.24) is 14.9 Å². The summed E-state index contributed by atoms with van der Waals surface area (Å²) in [5.74, 6) is 0.825. The van der Waals surface area contributed by atoms with Gasteiger partial charge in [0.1, 0.15) is 17.8 Å². The van der Waals surface area contributed by atoms with Crippen LogP contribution in [0.25, 0.3) is 0 Å². The van der Waals surface area contributed by atoms with E-state index in [-0.39, 0.29) is 5.91 Å². The molecule has 108 valence electrons. The first kappa shape index (κ1) is 13.3. The fraction of sp³-hybridized carbons (Fsp3) is 0.667. The van der Waals surface area contributed by atoms with Gasteiger partial charge in [-0.25, -0.2) is 9.97 Å². The molecule has 0 atom stereocenters. The highest BCUT2D eigenvalue weighted by atomic mass is 16.2. The quantitative estimate of drug-likeness (QED) is 0.920. The molecule has 3 rings (SSSR count). The minimum Gasteiger partial charge on any atom is -0.367 e. The second-order valence-electron chi connectivity index (χ2n) is 5.77. The van der Waals surface area contributed by atoms with Crippen LogP contribution in [-0.4, -0.2) is 39.9 Å². The van der Waals surface area contributed by atoms with E-state index in [1.807, 2.05) is 4.90 Å². The lowest BCUT2D eigenvalue weighted by molar-refractivity contribution is 0.0787. The molecule has 1 amide bonds. The Morgan fingerprint density at radius 2 is 1.85 bits per heavy atom. The third-order valence-electron chi connectivity index (χ3n) is 4.24. The fourth-order valence-electron chi connectivity index (χ4n) is 3.09. The number of hydrogen-bond acceptors (Lipinski definition) is 4. The summed E-state index contributed by atoms with van der Waals surface area (Å²) in [4.78, 5) is 22.6. The number of nitrogens with zero attached hydrogens (tertiary/aromatic N) is 3. The van der Waals surface area contributed by atoms with E-state index < -0.39 is 0 Å². The van der Waals surface area contributed by atoms with Crippen LogP contribution in [0.1, 0.15) is 55.4 Å². The summed E-state index contributed by atoms with van der Waals surface area (Å²) in [6, 6.07) is 2.29. The van der Waals surface area contributed by atoms with Gasteiger partial charge in [-0.2, -0.15) is 0 Å². The SMILES string of the molecule is O=C(c1cc(NC2CCCCC2)ncn1)N1CCCC1. The van der Waals surface area contributed by atoms with Crippen molar-refractivity contribution in [3.05, 3.63) is 18.1 Å². The molecule has 5 heteroatoms. The van der Waals surface area contributed by atoms with Crippen molar-refractivity contribution in [3.63, 3.8) is 0 Å². The van der Waals surface area contributed by atoms with Crippen molar-refractivity contribution >= 4 is 11.7 Å². The highest BCUT2D eigenvalue weighted by Gasteiger charge is 2.21. The van der Waals surface area contributed by atoms with Gasteiger partial charge in [0.15, 0.2) is 0 Å². The van der Waals surface area contributed by atoms with Crippen molar-refractivity contribution in [2.45, 2.75) is 51.0 Å². The lowest BCUT2D eigenvalue weighted by Gasteiger charge is -2.23. The summed E-state index contributed by atoms with van der Waals surface area (Å²) in [5.41, 5.74) is 0.514. The van der Waals surface area contributed by atoms with E-state index >= 15 is 0 Å². The monoisotopic (exact) mass is 274 g/mol. The lowest BCUT2D eigenvalue weighted by Crippen LogP contribution is -2.29. The molecule has 1 saturated heterocycles. The van der Waals surface area contributed by atoms with Crippen LogP contribution in [0.4, 0.5) is 5.82 Å². The molecule has 2 fully saturated rings. The molecule has 0 spiro atoms. The summed E-state index contributed by atoms with van der Waals surface area (Å²) in [6.45, 7) is 1.71. The van der Waals surface area contributed by atoms with Crippen LogP contribution in [0.5, 0.6) is 0 Å². The summed E-state index contributed by atoms with van der Waals surface area (Å²) >= 11 is 0. The number of nitrogens with one attached hydrogen (secondary N) is 1. The van der Waals surface area contributed by atoms with E-state index in [0.717, 1.165) is 31.7 Å². The van der Waals surface area contributed by atoms with E-state index in [2.05, 4.69) is 15.3 Å². The van der Waals surface area contributed by atoms with Crippen LogP contribution in [0.3, 0.4) is 0 Å². The molecule has 1 aliphatic carbocycles. The van der Waals surface area contributed by atoms with Crippen LogP contribution >= 0.6 is 0 Å². The summed E-state index contributed by atoms with van der Waals surface area (Å²) < 4.78 is 0. The minimum atomic E-state index is 0.0385. The van der Waals surface area contributed by atoms with E-state index in [1.54, 1.807) is 6.07 Å². The number of anilines is 1. The number of carbonyl (C=O) groups excluding carboxylic acids is 1. The first-order valence-electron chi connectivity index (χ1n) is 7.71. The Kier molecular flexibility index (Phi) is 4.14. The maximum atomic E-state index is 12.3. The molecule has 0 unspecified atom stereocenters. The number of likely N-dealkylation sites (tertiary alicyclic amines) is 1. The zero-order valence-corrected chi connectivity index (χ0v) is 11.8. The summed E-state index contributed by atoms with van der Waals surface area (Å²) in [5, 5.41) is 3.44. The molecule has 0 radical (unpaired) electrons. The van der Waals surface area contributed by atoms with Gasteiger partial charge in [0.05, 0.1) is 0 Å². The fourth-order valence-corrected chi connectivity index (χ4v) is 3.09. The van der Waals surface area contributed by atoms with Gasteiger partial charge in [-0.3, -0.25) is 4.79 Å². The van der Waals surface area contributed by atoms with Gasteiger partial charge < -0.3 is 10.2 Å². The molecule has 20 heavy (non-hydrogen) atoms. The molecule has 0 bridgehead atoms. The van der Waals surface area contributed by atoms with Crippen molar-refractivity contribution in [2.75, 3.05) is 18.4 Å². The van der Waals surface area contributed by atoms with E-state index in [1.165, 1.54) is 38.4 Å². The van der Waals surface area contributed by atoms with Gasteiger partial charge in [0.2, 0.25) is 0 Å². The normalized spacial score (nSPS) is 20.1. The Labute approximate surface area is 119 Å².